The number of hydrogen-bond acceptors (Lipinski definition) is 3. The summed E-state index contributed by atoms with van der Waals surface area (Å²) in [6.45, 7) is 1.97. The number of halogens is 2. The van der Waals surface area contributed by atoms with Gasteiger partial charge in [-0.3, -0.25) is 4.79 Å². The third kappa shape index (κ3) is 2.78. The number of benzene rings is 1. The van der Waals surface area contributed by atoms with Gasteiger partial charge in [0.25, 0.3) is 0 Å². The first-order valence-corrected chi connectivity index (χ1v) is 10.3. The molecule has 4 fully saturated rings. The van der Waals surface area contributed by atoms with E-state index in [4.69, 9.17) is 23.2 Å². The topological polar surface area (TPSA) is 59.8 Å². The van der Waals surface area contributed by atoms with Gasteiger partial charge in [-0.1, -0.05) is 11.6 Å². The molecule has 4 bridgehead atoms. The van der Waals surface area contributed by atoms with Crippen molar-refractivity contribution in [3.05, 3.63) is 40.4 Å². The lowest BCUT2D eigenvalue weighted by atomic mass is 9.46. The van der Waals surface area contributed by atoms with Crippen molar-refractivity contribution in [2.24, 2.45) is 17.3 Å². The van der Waals surface area contributed by atoms with Crippen LogP contribution >= 0.6 is 23.2 Å². The maximum Gasteiger partial charge on any atom is 0.242 e. The molecule has 2 unspecified atom stereocenters. The zero-order valence-corrected chi connectivity index (χ0v) is 16.7. The Labute approximate surface area is 168 Å². The summed E-state index contributed by atoms with van der Waals surface area (Å²) >= 11 is 12.1. The quantitative estimate of drug-likeness (QED) is 0.796. The molecule has 4 aliphatic carbocycles. The molecule has 5 nitrogen and oxygen atoms in total. The minimum atomic E-state index is -0.339. The Kier molecular flexibility index (Phi) is 3.86. The van der Waals surface area contributed by atoms with Crippen LogP contribution in [0.15, 0.2) is 24.5 Å². The Morgan fingerprint density at radius 2 is 1.96 bits per heavy atom. The van der Waals surface area contributed by atoms with Gasteiger partial charge in [0.2, 0.25) is 11.2 Å². The van der Waals surface area contributed by atoms with Crippen molar-refractivity contribution in [1.82, 2.24) is 14.8 Å². The van der Waals surface area contributed by atoms with E-state index in [2.05, 4.69) is 15.4 Å². The molecule has 2 aromatic rings. The van der Waals surface area contributed by atoms with Gasteiger partial charge >= 0.3 is 0 Å². The van der Waals surface area contributed by atoms with E-state index in [-0.39, 0.29) is 22.1 Å². The van der Waals surface area contributed by atoms with Crippen molar-refractivity contribution < 1.29 is 4.79 Å². The van der Waals surface area contributed by atoms with Crippen molar-refractivity contribution in [2.45, 2.75) is 51.0 Å². The fourth-order valence-electron chi connectivity index (χ4n) is 6.24. The maximum atomic E-state index is 13.5. The predicted octanol–water partition coefficient (Wildman–Crippen LogP) is 4.83. The first-order chi connectivity index (χ1) is 12.9. The smallest absolute Gasteiger partial charge is 0.242 e. The van der Waals surface area contributed by atoms with Gasteiger partial charge in [-0.25, -0.2) is 9.67 Å². The zero-order valence-electron chi connectivity index (χ0n) is 15.2. The van der Waals surface area contributed by atoms with Crippen LogP contribution in [0.25, 0.3) is 0 Å². The minimum Gasteiger partial charge on any atom is -0.325 e. The van der Waals surface area contributed by atoms with Crippen LogP contribution in [0.2, 0.25) is 10.3 Å². The highest BCUT2D eigenvalue weighted by molar-refractivity contribution is 6.30. The third-order valence-corrected chi connectivity index (χ3v) is 7.31. The number of nitrogens with zero attached hydrogens (tertiary/aromatic N) is 3. The van der Waals surface area contributed by atoms with Gasteiger partial charge in [-0.15, -0.1) is 5.10 Å². The standard InChI is InChI=1S/C20H22Cl2N4O/c1-12-4-15(21)2-3-16(12)24-17(27)19-6-13-5-14(7-19)9-20(8-13,10-19)26-11-23-18(22)25-26/h2-4,11,13-14H,5-10H2,1H3,(H,24,27)/t13-,14+,19?,20?. The molecule has 0 spiro atoms. The second kappa shape index (κ2) is 5.95. The summed E-state index contributed by atoms with van der Waals surface area (Å²) in [7, 11) is 0. The maximum absolute atomic E-state index is 13.5. The lowest BCUT2D eigenvalue weighted by molar-refractivity contribution is -0.150. The lowest BCUT2D eigenvalue weighted by Crippen LogP contribution is -2.60. The Morgan fingerprint density at radius 3 is 2.59 bits per heavy atom. The molecule has 6 rings (SSSR count). The average Bonchev–Trinajstić information content (AvgIpc) is 3.03. The normalized spacial score (nSPS) is 34.0. The van der Waals surface area contributed by atoms with Gasteiger partial charge in [-0.2, -0.15) is 0 Å². The summed E-state index contributed by atoms with van der Waals surface area (Å²) in [6.07, 6.45) is 7.84. The van der Waals surface area contributed by atoms with Gasteiger partial charge in [0.05, 0.1) is 11.0 Å². The van der Waals surface area contributed by atoms with E-state index in [1.165, 1.54) is 6.42 Å². The largest absolute Gasteiger partial charge is 0.325 e. The van der Waals surface area contributed by atoms with Crippen LogP contribution in [0.4, 0.5) is 5.69 Å². The molecule has 7 heteroatoms. The van der Waals surface area contributed by atoms with Gasteiger partial charge in [0.15, 0.2) is 0 Å². The Morgan fingerprint density at radius 1 is 1.22 bits per heavy atom. The van der Waals surface area contributed by atoms with Crippen LogP contribution in [0.1, 0.15) is 44.1 Å². The Balaban J connectivity index is 1.47. The van der Waals surface area contributed by atoms with E-state index in [0.717, 1.165) is 43.4 Å². The van der Waals surface area contributed by atoms with Crippen molar-refractivity contribution >= 4 is 34.8 Å². The van der Waals surface area contributed by atoms with E-state index >= 15 is 0 Å². The summed E-state index contributed by atoms with van der Waals surface area (Å²) in [4.78, 5) is 17.6. The molecule has 0 saturated heterocycles. The monoisotopic (exact) mass is 404 g/mol. The summed E-state index contributed by atoms with van der Waals surface area (Å²) in [6, 6.07) is 5.60. The summed E-state index contributed by atoms with van der Waals surface area (Å²) in [5.41, 5.74) is 1.36. The molecule has 1 heterocycles. The van der Waals surface area contributed by atoms with Crippen molar-refractivity contribution in [3.8, 4) is 0 Å². The summed E-state index contributed by atoms with van der Waals surface area (Å²) < 4.78 is 1.95. The first-order valence-electron chi connectivity index (χ1n) is 9.53. The number of amides is 1. The van der Waals surface area contributed by atoms with Crippen molar-refractivity contribution in [3.63, 3.8) is 0 Å². The third-order valence-electron chi connectivity index (χ3n) is 6.90. The van der Waals surface area contributed by atoms with Crippen molar-refractivity contribution in [1.29, 1.82) is 0 Å². The minimum absolute atomic E-state index is 0.128. The second-order valence-electron chi connectivity index (χ2n) is 8.84. The van der Waals surface area contributed by atoms with E-state index in [0.29, 0.717) is 16.9 Å². The molecule has 1 aromatic carbocycles. The van der Waals surface area contributed by atoms with E-state index in [9.17, 15) is 4.79 Å². The predicted molar refractivity (Wildman–Crippen MR) is 105 cm³/mol. The molecule has 4 aliphatic rings. The van der Waals surface area contributed by atoms with Crippen LogP contribution in [-0.4, -0.2) is 20.7 Å². The number of aromatic nitrogens is 3. The fraction of sp³-hybridized carbons (Fsp3) is 0.550. The molecule has 1 aromatic heterocycles. The lowest BCUT2D eigenvalue weighted by Gasteiger charge is -2.60. The molecule has 1 amide bonds. The number of aryl methyl sites for hydroxylation is 1. The Bertz CT molecular complexity index is 910. The number of carbonyl (C=O) groups excluding carboxylic acids is 1. The zero-order chi connectivity index (χ0) is 18.8. The van der Waals surface area contributed by atoms with Crippen LogP contribution in [0, 0.1) is 24.2 Å². The molecular formula is C20H22Cl2N4O. The number of anilines is 1. The number of hydrogen-bond donors (Lipinski definition) is 1. The number of nitrogens with one attached hydrogen (secondary N) is 1. The molecule has 0 radical (unpaired) electrons. The van der Waals surface area contributed by atoms with E-state index < -0.39 is 0 Å². The molecule has 1 N–H and O–H groups in total. The number of carbonyl (C=O) groups is 1. The Hall–Kier alpha value is -1.59. The van der Waals surface area contributed by atoms with Crippen LogP contribution < -0.4 is 5.32 Å². The van der Waals surface area contributed by atoms with Crippen LogP contribution in [0.5, 0.6) is 0 Å². The second-order valence-corrected chi connectivity index (χ2v) is 9.61. The highest BCUT2D eigenvalue weighted by Gasteiger charge is 2.61. The van der Waals surface area contributed by atoms with E-state index in [1.807, 2.05) is 29.8 Å². The van der Waals surface area contributed by atoms with Gasteiger partial charge in [0, 0.05) is 10.7 Å². The van der Waals surface area contributed by atoms with Crippen LogP contribution in [0.3, 0.4) is 0 Å². The molecular weight excluding hydrogens is 383 g/mol. The molecule has 0 aliphatic heterocycles. The van der Waals surface area contributed by atoms with Gasteiger partial charge in [-0.05, 0) is 92.6 Å². The summed E-state index contributed by atoms with van der Waals surface area (Å²) in [5, 5.41) is 8.58. The molecule has 142 valence electrons. The molecule has 4 saturated carbocycles. The first kappa shape index (κ1) is 17.5. The summed E-state index contributed by atoms with van der Waals surface area (Å²) in [5.74, 6) is 1.26. The van der Waals surface area contributed by atoms with Crippen LogP contribution in [-0.2, 0) is 10.3 Å². The molecule has 4 atom stereocenters. The van der Waals surface area contributed by atoms with Gasteiger partial charge in [0.1, 0.15) is 6.33 Å². The SMILES string of the molecule is Cc1cc(Cl)ccc1NC(=O)C12C[C@H]3C[C@@H](C1)CC(n1cnc(Cl)n1)(C3)C2. The highest BCUT2D eigenvalue weighted by atomic mass is 35.5. The van der Waals surface area contributed by atoms with Crippen molar-refractivity contribution in [2.75, 3.05) is 5.32 Å². The van der Waals surface area contributed by atoms with E-state index in [1.54, 1.807) is 6.33 Å². The van der Waals surface area contributed by atoms with Gasteiger partial charge < -0.3 is 5.32 Å². The average molecular weight is 405 g/mol. The number of rotatable bonds is 3. The molecule has 27 heavy (non-hydrogen) atoms. The highest BCUT2D eigenvalue weighted by Crippen LogP contribution is 2.64. The fourth-order valence-corrected chi connectivity index (χ4v) is 6.59.